The van der Waals surface area contributed by atoms with E-state index in [-0.39, 0.29) is 0 Å². The number of nitrogens with zero attached hydrogens (tertiary/aromatic N) is 5. The highest BCUT2D eigenvalue weighted by Crippen LogP contribution is 2.28. The van der Waals surface area contributed by atoms with Gasteiger partial charge in [-0.1, -0.05) is 23.9 Å². The molecule has 0 atom stereocenters. The minimum absolute atomic E-state index is 0.587. The predicted molar refractivity (Wildman–Crippen MR) is 127 cm³/mol. The van der Waals surface area contributed by atoms with Gasteiger partial charge in [-0.05, 0) is 48.0 Å². The van der Waals surface area contributed by atoms with Crippen LogP contribution in [0.2, 0.25) is 0 Å². The molecule has 0 amide bonds. The fraction of sp³-hybridized carbons (Fsp3) is 0.208. The van der Waals surface area contributed by atoms with Crippen LogP contribution in [0, 0.1) is 0 Å². The average molecular weight is 445 g/mol. The summed E-state index contributed by atoms with van der Waals surface area (Å²) in [7, 11) is 0. The minimum atomic E-state index is 0.587. The molecule has 0 radical (unpaired) electrons. The molecule has 162 valence electrons. The van der Waals surface area contributed by atoms with E-state index in [1.165, 1.54) is 11.3 Å². The average Bonchev–Trinajstić information content (AvgIpc) is 3.34. The third-order valence-electron chi connectivity index (χ3n) is 5.17. The summed E-state index contributed by atoms with van der Waals surface area (Å²) >= 11 is 1.63. The van der Waals surface area contributed by atoms with Gasteiger partial charge in [0.15, 0.2) is 0 Å². The van der Waals surface area contributed by atoms with Gasteiger partial charge in [0.05, 0.1) is 19.5 Å². The Morgan fingerprint density at radius 3 is 2.69 bits per heavy atom. The molecule has 5 rings (SSSR count). The lowest BCUT2D eigenvalue weighted by molar-refractivity contribution is 0.122. The fourth-order valence-electron chi connectivity index (χ4n) is 3.58. The van der Waals surface area contributed by atoms with E-state index in [0.29, 0.717) is 5.95 Å². The number of nitrogens with one attached hydrogen (secondary N) is 1. The third-order valence-corrected chi connectivity index (χ3v) is 6.10. The molecular weight excluding hydrogens is 420 g/mol. The van der Waals surface area contributed by atoms with Gasteiger partial charge in [-0.25, -0.2) is 15.0 Å². The molecule has 1 N–H and O–H groups in total. The highest BCUT2D eigenvalue weighted by Gasteiger charge is 2.11. The number of anilines is 3. The quantitative estimate of drug-likeness (QED) is 0.422. The number of morpholine rings is 1. The first-order chi connectivity index (χ1) is 15.8. The molecule has 1 aliphatic rings. The molecule has 2 aromatic carbocycles. The summed E-state index contributed by atoms with van der Waals surface area (Å²) in [6, 6.07) is 18.8. The molecular formula is C24H24N6OS. The summed E-state index contributed by atoms with van der Waals surface area (Å²) < 4.78 is 7.49. The van der Waals surface area contributed by atoms with E-state index in [1.807, 2.05) is 18.6 Å². The van der Waals surface area contributed by atoms with Crippen molar-refractivity contribution in [3.8, 4) is 0 Å². The zero-order valence-electron chi connectivity index (χ0n) is 17.6. The van der Waals surface area contributed by atoms with Crippen LogP contribution >= 0.6 is 11.8 Å². The predicted octanol–water partition coefficient (Wildman–Crippen LogP) is 4.45. The molecule has 0 bridgehead atoms. The molecule has 0 spiro atoms. The van der Waals surface area contributed by atoms with Gasteiger partial charge in [-0.3, -0.25) is 0 Å². The first-order valence-corrected chi connectivity index (χ1v) is 11.4. The summed E-state index contributed by atoms with van der Waals surface area (Å²) in [4.78, 5) is 16.6. The van der Waals surface area contributed by atoms with Crippen LogP contribution < -0.4 is 10.2 Å². The fourth-order valence-corrected chi connectivity index (χ4v) is 4.44. The van der Waals surface area contributed by atoms with E-state index < -0.39 is 0 Å². The summed E-state index contributed by atoms with van der Waals surface area (Å²) in [5, 5.41) is 4.21. The standard InChI is InChI=1S/C24H24N6OS/c1-2-19(17-29-11-10-25-18-29)16-22(3-1)32-23-8-9-26-24(28-23)27-20-4-6-21(7-5-20)30-12-14-31-15-13-30/h1-11,16,18H,12-15,17H2,(H,26,27,28). The molecule has 4 aromatic rings. The minimum Gasteiger partial charge on any atom is -0.378 e. The molecule has 1 saturated heterocycles. The van der Waals surface area contributed by atoms with E-state index in [9.17, 15) is 0 Å². The van der Waals surface area contributed by atoms with Crippen LogP contribution in [0.1, 0.15) is 5.56 Å². The summed E-state index contributed by atoms with van der Waals surface area (Å²) in [5.41, 5.74) is 3.40. The Hall–Kier alpha value is -3.36. The van der Waals surface area contributed by atoms with Gasteiger partial charge >= 0.3 is 0 Å². The van der Waals surface area contributed by atoms with Crippen molar-refractivity contribution in [1.82, 2.24) is 19.5 Å². The van der Waals surface area contributed by atoms with E-state index in [0.717, 1.165) is 48.5 Å². The summed E-state index contributed by atoms with van der Waals surface area (Å²) in [5.74, 6) is 0.587. The van der Waals surface area contributed by atoms with Crippen molar-refractivity contribution in [2.45, 2.75) is 16.5 Å². The van der Waals surface area contributed by atoms with Gasteiger partial charge in [0, 0.05) is 54.5 Å². The molecule has 0 saturated carbocycles. The van der Waals surface area contributed by atoms with Crippen LogP contribution in [0.3, 0.4) is 0 Å². The molecule has 8 heteroatoms. The topological polar surface area (TPSA) is 68.1 Å². The maximum atomic E-state index is 5.43. The highest BCUT2D eigenvalue weighted by molar-refractivity contribution is 7.99. The Morgan fingerprint density at radius 1 is 1.00 bits per heavy atom. The zero-order chi connectivity index (χ0) is 21.6. The largest absolute Gasteiger partial charge is 0.378 e. The zero-order valence-corrected chi connectivity index (χ0v) is 18.4. The van der Waals surface area contributed by atoms with E-state index in [4.69, 9.17) is 4.74 Å². The molecule has 0 unspecified atom stereocenters. The van der Waals surface area contributed by atoms with Crippen molar-refractivity contribution in [2.75, 3.05) is 36.5 Å². The Morgan fingerprint density at radius 2 is 1.88 bits per heavy atom. The molecule has 1 fully saturated rings. The van der Waals surface area contributed by atoms with Crippen LogP contribution in [0.4, 0.5) is 17.3 Å². The Labute approximate surface area is 191 Å². The van der Waals surface area contributed by atoms with Crippen molar-refractivity contribution in [3.63, 3.8) is 0 Å². The number of rotatable bonds is 7. The van der Waals surface area contributed by atoms with Crippen molar-refractivity contribution < 1.29 is 4.74 Å². The molecule has 32 heavy (non-hydrogen) atoms. The smallest absolute Gasteiger partial charge is 0.228 e. The second kappa shape index (κ2) is 9.84. The van der Waals surface area contributed by atoms with Crippen molar-refractivity contribution in [1.29, 1.82) is 0 Å². The van der Waals surface area contributed by atoms with Crippen LogP contribution in [0.15, 0.2) is 89.4 Å². The molecule has 7 nitrogen and oxygen atoms in total. The number of hydrogen-bond acceptors (Lipinski definition) is 7. The summed E-state index contributed by atoms with van der Waals surface area (Å²) in [6.45, 7) is 4.22. The van der Waals surface area contributed by atoms with Crippen LogP contribution in [-0.4, -0.2) is 45.8 Å². The van der Waals surface area contributed by atoms with Gasteiger partial charge in [0.25, 0.3) is 0 Å². The SMILES string of the molecule is c1cc(Cn2ccnc2)cc(Sc2ccnc(Nc3ccc(N4CCOCC4)cc3)n2)c1. The maximum Gasteiger partial charge on any atom is 0.228 e. The second-order valence-corrected chi connectivity index (χ2v) is 8.57. The number of imidazole rings is 1. The molecule has 2 aromatic heterocycles. The number of benzene rings is 2. The molecule has 0 aliphatic carbocycles. The van der Waals surface area contributed by atoms with Gasteiger partial charge in [0.2, 0.25) is 5.95 Å². The number of hydrogen-bond donors (Lipinski definition) is 1. The third kappa shape index (κ3) is 5.27. The Bertz CT molecular complexity index is 1140. The first-order valence-electron chi connectivity index (χ1n) is 10.6. The van der Waals surface area contributed by atoms with Crippen LogP contribution in [-0.2, 0) is 11.3 Å². The lowest BCUT2D eigenvalue weighted by atomic mass is 10.2. The van der Waals surface area contributed by atoms with Gasteiger partial charge in [-0.15, -0.1) is 0 Å². The van der Waals surface area contributed by atoms with Gasteiger partial charge in [-0.2, -0.15) is 0 Å². The second-order valence-electron chi connectivity index (χ2n) is 7.47. The van der Waals surface area contributed by atoms with Gasteiger partial charge < -0.3 is 19.5 Å². The van der Waals surface area contributed by atoms with E-state index in [2.05, 4.69) is 78.3 Å². The van der Waals surface area contributed by atoms with E-state index >= 15 is 0 Å². The van der Waals surface area contributed by atoms with Crippen molar-refractivity contribution >= 4 is 29.1 Å². The molecule has 3 heterocycles. The monoisotopic (exact) mass is 444 g/mol. The Kier molecular flexibility index (Phi) is 6.32. The highest BCUT2D eigenvalue weighted by atomic mass is 32.2. The van der Waals surface area contributed by atoms with Crippen molar-refractivity contribution in [3.05, 3.63) is 85.1 Å². The van der Waals surface area contributed by atoms with Gasteiger partial charge in [0.1, 0.15) is 5.03 Å². The lowest BCUT2D eigenvalue weighted by Crippen LogP contribution is -2.36. The normalized spacial score (nSPS) is 13.8. The van der Waals surface area contributed by atoms with Crippen molar-refractivity contribution in [2.24, 2.45) is 0 Å². The number of aromatic nitrogens is 4. The van der Waals surface area contributed by atoms with Crippen LogP contribution in [0.5, 0.6) is 0 Å². The summed E-state index contributed by atoms with van der Waals surface area (Å²) in [6.07, 6.45) is 7.38. The lowest BCUT2D eigenvalue weighted by Gasteiger charge is -2.28. The molecule has 1 aliphatic heterocycles. The maximum absolute atomic E-state index is 5.43. The first kappa shape index (κ1) is 20.5. The Balaban J connectivity index is 1.24. The van der Waals surface area contributed by atoms with E-state index in [1.54, 1.807) is 24.2 Å². The number of ether oxygens (including phenoxy) is 1. The van der Waals surface area contributed by atoms with Crippen LogP contribution in [0.25, 0.3) is 0 Å².